The summed E-state index contributed by atoms with van der Waals surface area (Å²) in [6.45, 7) is 2.16. The standard InChI is InChI=1S/C27H25N3O3/c31-25(20-5-6-20)29-14-17(15-29)16-30-24(28-27(10-11-27)26(30)32)19-3-1-18(2-4-19)21-7-8-23-22(13-21)9-12-33-23/h1-4,7-9,12-13,17,20H,5-6,10-11,14-16H2. The van der Waals surface area contributed by atoms with Gasteiger partial charge >= 0.3 is 0 Å². The van der Waals surface area contributed by atoms with Gasteiger partial charge in [-0.25, -0.2) is 0 Å². The number of hydrogen-bond acceptors (Lipinski definition) is 4. The maximum atomic E-state index is 13.2. The normalized spacial score (nSPS) is 21.6. The van der Waals surface area contributed by atoms with Crippen molar-refractivity contribution in [2.24, 2.45) is 16.8 Å². The van der Waals surface area contributed by atoms with Gasteiger partial charge in [0.05, 0.1) is 6.26 Å². The Bertz CT molecular complexity index is 1310. The highest BCUT2D eigenvalue weighted by Crippen LogP contribution is 2.46. The number of carbonyl (C=O) groups is 2. The van der Waals surface area contributed by atoms with Crippen LogP contribution in [0.1, 0.15) is 31.2 Å². The average molecular weight is 440 g/mol. The van der Waals surface area contributed by atoms with Crippen molar-refractivity contribution in [3.63, 3.8) is 0 Å². The first kappa shape index (κ1) is 19.1. The van der Waals surface area contributed by atoms with E-state index in [1.54, 1.807) is 6.26 Å². The van der Waals surface area contributed by atoms with E-state index in [1.165, 1.54) is 0 Å². The molecule has 0 radical (unpaired) electrons. The molecular formula is C27H25N3O3. The highest BCUT2D eigenvalue weighted by Gasteiger charge is 2.57. The molecule has 6 nitrogen and oxygen atoms in total. The lowest BCUT2D eigenvalue weighted by Gasteiger charge is -2.41. The Hall–Kier alpha value is -3.41. The van der Waals surface area contributed by atoms with Gasteiger partial charge in [0.25, 0.3) is 5.91 Å². The van der Waals surface area contributed by atoms with Crippen LogP contribution in [0.25, 0.3) is 22.1 Å². The molecular weight excluding hydrogens is 414 g/mol. The third-order valence-electron chi connectivity index (χ3n) is 7.51. The largest absolute Gasteiger partial charge is 0.464 e. The smallest absolute Gasteiger partial charge is 0.256 e. The Morgan fingerprint density at radius 1 is 1.00 bits per heavy atom. The monoisotopic (exact) mass is 439 g/mol. The van der Waals surface area contributed by atoms with Crippen molar-refractivity contribution >= 4 is 28.6 Å². The van der Waals surface area contributed by atoms with E-state index in [-0.39, 0.29) is 11.8 Å². The van der Waals surface area contributed by atoms with Gasteiger partial charge in [-0.15, -0.1) is 0 Å². The van der Waals surface area contributed by atoms with E-state index in [0.717, 1.165) is 72.3 Å². The van der Waals surface area contributed by atoms with Crippen molar-refractivity contribution in [2.75, 3.05) is 19.6 Å². The first-order valence-electron chi connectivity index (χ1n) is 11.9. The summed E-state index contributed by atoms with van der Waals surface area (Å²) in [6, 6.07) is 16.5. The molecule has 3 heterocycles. The van der Waals surface area contributed by atoms with Gasteiger partial charge in [0, 0.05) is 42.4 Å². The number of furan rings is 1. The van der Waals surface area contributed by atoms with Crippen LogP contribution in [0.3, 0.4) is 0 Å². The summed E-state index contributed by atoms with van der Waals surface area (Å²) in [5.74, 6) is 1.83. The fraction of sp³-hybridized carbons (Fsp3) is 0.370. The SMILES string of the molecule is O=C(C1CC1)N1CC(CN2C(=O)C3(CC3)N=C2c2ccc(-c3ccc4occc4c3)cc2)C1. The van der Waals surface area contributed by atoms with Crippen molar-refractivity contribution in [3.05, 3.63) is 60.4 Å². The topological polar surface area (TPSA) is 66.1 Å². The molecule has 2 aliphatic heterocycles. The lowest BCUT2D eigenvalue weighted by atomic mass is 9.97. The van der Waals surface area contributed by atoms with Gasteiger partial charge in [-0.1, -0.05) is 30.3 Å². The van der Waals surface area contributed by atoms with Crippen LogP contribution in [-0.2, 0) is 9.59 Å². The maximum Gasteiger partial charge on any atom is 0.256 e. The Morgan fingerprint density at radius 2 is 1.73 bits per heavy atom. The lowest BCUT2D eigenvalue weighted by Crippen LogP contribution is -2.55. The second kappa shape index (κ2) is 6.80. The molecule has 1 spiro atoms. The number of nitrogens with zero attached hydrogens (tertiary/aromatic N) is 3. The third kappa shape index (κ3) is 3.11. The van der Waals surface area contributed by atoms with Gasteiger partial charge in [0.2, 0.25) is 5.91 Å². The van der Waals surface area contributed by atoms with Crippen molar-refractivity contribution in [3.8, 4) is 11.1 Å². The zero-order valence-corrected chi connectivity index (χ0v) is 18.4. The number of aliphatic imine (C=N–C) groups is 1. The molecule has 2 aromatic carbocycles. The third-order valence-corrected chi connectivity index (χ3v) is 7.51. The molecule has 2 amide bonds. The molecule has 7 rings (SSSR count). The van der Waals surface area contributed by atoms with Gasteiger partial charge in [0.1, 0.15) is 17.0 Å². The van der Waals surface area contributed by atoms with Crippen LogP contribution in [0.4, 0.5) is 0 Å². The minimum atomic E-state index is -0.520. The van der Waals surface area contributed by atoms with Crippen molar-refractivity contribution in [2.45, 2.75) is 31.2 Å². The van der Waals surface area contributed by atoms with Gasteiger partial charge in [0.15, 0.2) is 0 Å². The second-order valence-corrected chi connectivity index (χ2v) is 10.0. The molecule has 3 aromatic rings. The van der Waals surface area contributed by atoms with Gasteiger partial charge in [-0.2, -0.15) is 0 Å². The molecule has 1 aromatic heterocycles. The molecule has 166 valence electrons. The minimum absolute atomic E-state index is 0.138. The van der Waals surface area contributed by atoms with E-state index >= 15 is 0 Å². The van der Waals surface area contributed by atoms with Crippen LogP contribution < -0.4 is 0 Å². The molecule has 6 heteroatoms. The summed E-state index contributed by atoms with van der Waals surface area (Å²) < 4.78 is 5.45. The number of fused-ring (bicyclic) bond motifs is 1. The average Bonchev–Trinajstić information content (AvgIpc) is 3.72. The fourth-order valence-corrected chi connectivity index (χ4v) is 5.16. The number of benzene rings is 2. The van der Waals surface area contributed by atoms with Crippen LogP contribution in [-0.4, -0.2) is 52.6 Å². The van der Waals surface area contributed by atoms with Crippen LogP contribution >= 0.6 is 0 Å². The van der Waals surface area contributed by atoms with E-state index in [1.807, 2.05) is 21.9 Å². The number of rotatable bonds is 5. The van der Waals surface area contributed by atoms with Crippen LogP contribution in [0, 0.1) is 11.8 Å². The lowest BCUT2D eigenvalue weighted by molar-refractivity contribution is -0.139. The second-order valence-electron chi connectivity index (χ2n) is 10.0. The van der Waals surface area contributed by atoms with Crippen LogP contribution in [0.2, 0.25) is 0 Å². The van der Waals surface area contributed by atoms with Crippen molar-refractivity contribution in [1.82, 2.24) is 9.80 Å². The highest BCUT2D eigenvalue weighted by atomic mass is 16.3. The summed E-state index contributed by atoms with van der Waals surface area (Å²) in [5.41, 5.74) is 3.59. The van der Waals surface area contributed by atoms with Crippen LogP contribution in [0.15, 0.2) is 64.2 Å². The molecule has 2 saturated carbocycles. The molecule has 0 bridgehead atoms. The molecule has 2 aliphatic carbocycles. The predicted molar refractivity (Wildman–Crippen MR) is 125 cm³/mol. The summed E-state index contributed by atoms with van der Waals surface area (Å²) in [5, 5.41) is 1.08. The van der Waals surface area contributed by atoms with E-state index in [9.17, 15) is 9.59 Å². The van der Waals surface area contributed by atoms with Gasteiger partial charge < -0.3 is 9.32 Å². The highest BCUT2D eigenvalue weighted by molar-refractivity contribution is 6.16. The Morgan fingerprint density at radius 3 is 2.45 bits per heavy atom. The number of likely N-dealkylation sites (tertiary alicyclic amines) is 1. The van der Waals surface area contributed by atoms with Crippen LogP contribution in [0.5, 0.6) is 0 Å². The number of hydrogen-bond donors (Lipinski definition) is 0. The Kier molecular flexibility index (Phi) is 3.93. The quantitative estimate of drug-likeness (QED) is 0.601. The summed E-state index contributed by atoms with van der Waals surface area (Å²) in [4.78, 5) is 34.2. The minimum Gasteiger partial charge on any atom is -0.464 e. The number of amidine groups is 1. The summed E-state index contributed by atoms with van der Waals surface area (Å²) >= 11 is 0. The molecule has 1 saturated heterocycles. The zero-order valence-electron chi connectivity index (χ0n) is 18.4. The molecule has 0 atom stereocenters. The predicted octanol–water partition coefficient (Wildman–Crippen LogP) is 4.09. The first-order chi connectivity index (χ1) is 16.1. The van der Waals surface area contributed by atoms with Crippen molar-refractivity contribution < 1.29 is 14.0 Å². The number of carbonyl (C=O) groups excluding carboxylic acids is 2. The van der Waals surface area contributed by atoms with Crippen molar-refractivity contribution in [1.29, 1.82) is 0 Å². The Balaban J connectivity index is 1.11. The zero-order chi connectivity index (χ0) is 22.2. The molecule has 0 unspecified atom stereocenters. The molecule has 33 heavy (non-hydrogen) atoms. The maximum absolute atomic E-state index is 13.2. The fourth-order valence-electron chi connectivity index (χ4n) is 5.16. The van der Waals surface area contributed by atoms with Gasteiger partial charge in [-0.3, -0.25) is 19.5 Å². The summed E-state index contributed by atoms with van der Waals surface area (Å²) in [7, 11) is 0. The summed E-state index contributed by atoms with van der Waals surface area (Å²) in [6.07, 6.45) is 5.46. The van der Waals surface area contributed by atoms with E-state index in [4.69, 9.17) is 9.41 Å². The molecule has 4 aliphatic rings. The Labute approximate surface area is 191 Å². The van der Waals surface area contributed by atoms with E-state index < -0.39 is 5.54 Å². The number of amides is 2. The molecule has 0 N–H and O–H groups in total. The van der Waals surface area contributed by atoms with Gasteiger partial charge in [-0.05, 0) is 55.0 Å². The van der Waals surface area contributed by atoms with E-state index in [2.05, 4.69) is 36.4 Å². The molecule has 3 fully saturated rings. The first-order valence-corrected chi connectivity index (χ1v) is 11.9. The van der Waals surface area contributed by atoms with E-state index in [0.29, 0.717) is 18.4 Å².